The van der Waals surface area contributed by atoms with E-state index >= 15 is 0 Å². The molecule has 0 saturated heterocycles. The number of nitrogens with one attached hydrogen (secondary N) is 1. The summed E-state index contributed by atoms with van der Waals surface area (Å²) in [6.07, 6.45) is 4.49. The smallest absolute Gasteiger partial charge is 0.261 e. The molecule has 0 spiro atoms. The Labute approximate surface area is 127 Å². The van der Waals surface area contributed by atoms with Gasteiger partial charge >= 0.3 is 0 Å². The first-order valence-electron chi connectivity index (χ1n) is 6.73. The molecule has 0 aliphatic rings. The minimum atomic E-state index is -0.00170. The summed E-state index contributed by atoms with van der Waals surface area (Å²) in [7, 11) is 0. The molecule has 3 rings (SSSR count). The van der Waals surface area contributed by atoms with Crippen molar-refractivity contribution in [1.82, 2.24) is 15.1 Å². The lowest BCUT2D eigenvalue weighted by Gasteiger charge is -2.06. The maximum Gasteiger partial charge on any atom is 0.261 e. The molecular formula is C16H15N3OS. The summed E-state index contributed by atoms with van der Waals surface area (Å²) in [5.41, 5.74) is 2.23. The maximum atomic E-state index is 11.8. The number of hydrogen-bond donors (Lipinski definition) is 1. The van der Waals surface area contributed by atoms with Crippen molar-refractivity contribution in [1.29, 1.82) is 0 Å². The number of amides is 1. The van der Waals surface area contributed by atoms with Crippen molar-refractivity contribution in [3.8, 4) is 5.69 Å². The molecule has 0 fully saturated rings. The van der Waals surface area contributed by atoms with Gasteiger partial charge in [0.1, 0.15) is 0 Å². The summed E-state index contributed by atoms with van der Waals surface area (Å²) in [5.74, 6) is -0.00170. The molecule has 0 radical (unpaired) electrons. The Kier molecular flexibility index (Phi) is 4.12. The van der Waals surface area contributed by atoms with Crippen LogP contribution in [0.15, 0.2) is 60.2 Å². The van der Waals surface area contributed by atoms with Gasteiger partial charge in [-0.25, -0.2) is 4.68 Å². The van der Waals surface area contributed by atoms with Gasteiger partial charge in [-0.1, -0.05) is 18.2 Å². The molecule has 0 atom stereocenters. The van der Waals surface area contributed by atoms with Gasteiger partial charge in [0.15, 0.2) is 0 Å². The highest BCUT2D eigenvalue weighted by Crippen LogP contribution is 2.10. The first-order valence-corrected chi connectivity index (χ1v) is 7.61. The van der Waals surface area contributed by atoms with Gasteiger partial charge in [0.25, 0.3) is 5.91 Å². The number of hydrogen-bond acceptors (Lipinski definition) is 3. The van der Waals surface area contributed by atoms with E-state index in [9.17, 15) is 4.79 Å². The Morgan fingerprint density at radius 1 is 1.19 bits per heavy atom. The zero-order chi connectivity index (χ0) is 14.5. The lowest BCUT2D eigenvalue weighted by Crippen LogP contribution is -2.24. The van der Waals surface area contributed by atoms with Crippen LogP contribution in [0, 0.1) is 0 Å². The van der Waals surface area contributed by atoms with E-state index in [0.717, 1.165) is 17.0 Å². The third-order valence-electron chi connectivity index (χ3n) is 3.15. The van der Waals surface area contributed by atoms with Gasteiger partial charge in [-0.05, 0) is 41.6 Å². The van der Waals surface area contributed by atoms with Crippen LogP contribution in [-0.2, 0) is 6.42 Å². The molecule has 0 unspecified atom stereocenters. The molecular weight excluding hydrogens is 282 g/mol. The minimum absolute atomic E-state index is 0.00170. The largest absolute Gasteiger partial charge is 0.351 e. The summed E-state index contributed by atoms with van der Waals surface area (Å²) >= 11 is 1.46. The number of carbonyl (C=O) groups is 1. The molecule has 4 nitrogen and oxygen atoms in total. The Morgan fingerprint density at radius 3 is 2.71 bits per heavy atom. The first-order chi connectivity index (χ1) is 10.3. The van der Waals surface area contributed by atoms with E-state index in [0.29, 0.717) is 6.54 Å². The summed E-state index contributed by atoms with van der Waals surface area (Å²) < 4.78 is 1.82. The van der Waals surface area contributed by atoms with Gasteiger partial charge in [0, 0.05) is 18.9 Å². The highest BCUT2D eigenvalue weighted by molar-refractivity contribution is 7.12. The van der Waals surface area contributed by atoms with Crippen molar-refractivity contribution in [3.05, 3.63) is 70.7 Å². The van der Waals surface area contributed by atoms with Crippen molar-refractivity contribution >= 4 is 17.2 Å². The van der Waals surface area contributed by atoms with Crippen LogP contribution >= 0.6 is 11.3 Å². The monoisotopic (exact) mass is 297 g/mol. The van der Waals surface area contributed by atoms with Crippen LogP contribution < -0.4 is 5.32 Å². The Bertz CT molecular complexity index is 688. The molecule has 21 heavy (non-hydrogen) atoms. The number of aromatic nitrogens is 2. The van der Waals surface area contributed by atoms with Crippen molar-refractivity contribution in [2.24, 2.45) is 0 Å². The number of thiophene rings is 1. The number of benzene rings is 1. The average Bonchev–Trinajstić information content (AvgIpc) is 3.21. The van der Waals surface area contributed by atoms with Crippen LogP contribution in [0.5, 0.6) is 0 Å². The molecule has 0 aliphatic heterocycles. The molecule has 0 aliphatic carbocycles. The van der Waals surface area contributed by atoms with E-state index in [1.165, 1.54) is 16.9 Å². The second-order valence-corrected chi connectivity index (χ2v) is 5.55. The molecule has 2 heterocycles. The highest BCUT2D eigenvalue weighted by atomic mass is 32.1. The lowest BCUT2D eigenvalue weighted by atomic mass is 10.1. The second-order valence-electron chi connectivity index (χ2n) is 4.60. The van der Waals surface area contributed by atoms with E-state index in [1.807, 2.05) is 46.6 Å². The van der Waals surface area contributed by atoms with Crippen LogP contribution in [0.3, 0.4) is 0 Å². The summed E-state index contributed by atoms with van der Waals surface area (Å²) in [5, 5.41) is 9.03. The lowest BCUT2D eigenvalue weighted by molar-refractivity contribution is 0.0958. The Hall–Kier alpha value is -2.40. The summed E-state index contributed by atoms with van der Waals surface area (Å²) in [6.45, 7) is 0.637. The van der Waals surface area contributed by atoms with Crippen molar-refractivity contribution in [3.63, 3.8) is 0 Å². The standard InChI is InChI=1S/C16H15N3OS/c20-16(15-3-1-12-21-15)17-10-8-13-4-6-14(7-5-13)19-11-2-9-18-19/h1-7,9,11-12H,8,10H2,(H,17,20). The van der Waals surface area contributed by atoms with Gasteiger partial charge in [-0.15, -0.1) is 11.3 Å². The second kappa shape index (κ2) is 6.37. The van der Waals surface area contributed by atoms with Gasteiger partial charge in [-0.2, -0.15) is 5.10 Å². The van der Waals surface area contributed by atoms with Gasteiger partial charge in [0.05, 0.1) is 10.6 Å². The van der Waals surface area contributed by atoms with E-state index in [2.05, 4.69) is 22.5 Å². The molecule has 1 aromatic carbocycles. The fourth-order valence-electron chi connectivity index (χ4n) is 2.05. The van der Waals surface area contributed by atoms with Crippen LogP contribution in [0.25, 0.3) is 5.69 Å². The SMILES string of the molecule is O=C(NCCc1ccc(-n2cccn2)cc1)c1cccs1. The van der Waals surface area contributed by atoms with Crippen molar-refractivity contribution in [2.45, 2.75) is 6.42 Å². The normalized spacial score (nSPS) is 10.5. The fourth-order valence-corrected chi connectivity index (χ4v) is 2.69. The van der Waals surface area contributed by atoms with Gasteiger partial charge < -0.3 is 5.32 Å². The van der Waals surface area contributed by atoms with Crippen LogP contribution in [0.4, 0.5) is 0 Å². The van der Waals surface area contributed by atoms with Crippen molar-refractivity contribution in [2.75, 3.05) is 6.54 Å². The number of rotatable bonds is 5. The average molecular weight is 297 g/mol. The van der Waals surface area contributed by atoms with Crippen LogP contribution in [0.1, 0.15) is 15.2 Å². The molecule has 1 N–H and O–H groups in total. The van der Waals surface area contributed by atoms with E-state index in [4.69, 9.17) is 0 Å². The molecule has 1 amide bonds. The molecule has 5 heteroatoms. The zero-order valence-electron chi connectivity index (χ0n) is 11.4. The summed E-state index contributed by atoms with van der Waals surface area (Å²) in [4.78, 5) is 12.5. The Morgan fingerprint density at radius 2 is 2.05 bits per heavy atom. The molecule has 0 bridgehead atoms. The quantitative estimate of drug-likeness (QED) is 0.787. The van der Waals surface area contributed by atoms with Crippen LogP contribution in [-0.4, -0.2) is 22.2 Å². The maximum absolute atomic E-state index is 11.8. The molecule has 2 aromatic heterocycles. The third kappa shape index (κ3) is 3.38. The topological polar surface area (TPSA) is 46.9 Å². The molecule has 0 saturated carbocycles. The summed E-state index contributed by atoms with van der Waals surface area (Å²) in [6, 6.07) is 13.8. The minimum Gasteiger partial charge on any atom is -0.351 e. The number of carbonyl (C=O) groups excluding carboxylic acids is 1. The van der Waals surface area contributed by atoms with E-state index in [-0.39, 0.29) is 5.91 Å². The third-order valence-corrected chi connectivity index (χ3v) is 4.02. The van der Waals surface area contributed by atoms with Gasteiger partial charge in [-0.3, -0.25) is 4.79 Å². The molecule has 3 aromatic rings. The van der Waals surface area contributed by atoms with Crippen LogP contribution in [0.2, 0.25) is 0 Å². The Balaban J connectivity index is 1.53. The predicted octanol–water partition coefficient (Wildman–Crippen LogP) is 2.91. The van der Waals surface area contributed by atoms with E-state index < -0.39 is 0 Å². The predicted molar refractivity (Wildman–Crippen MR) is 83.9 cm³/mol. The zero-order valence-corrected chi connectivity index (χ0v) is 12.2. The number of nitrogens with zero attached hydrogens (tertiary/aromatic N) is 2. The molecule has 106 valence electrons. The van der Waals surface area contributed by atoms with Gasteiger partial charge in [0.2, 0.25) is 0 Å². The first kappa shape index (κ1) is 13.6. The highest BCUT2D eigenvalue weighted by Gasteiger charge is 2.05. The fraction of sp³-hybridized carbons (Fsp3) is 0.125. The van der Waals surface area contributed by atoms with Crippen molar-refractivity contribution < 1.29 is 4.79 Å². The van der Waals surface area contributed by atoms with E-state index in [1.54, 1.807) is 6.20 Å².